The van der Waals surface area contributed by atoms with Crippen LogP contribution in [0.2, 0.25) is 0 Å². The molecule has 0 bridgehead atoms. The molecule has 33 heavy (non-hydrogen) atoms. The fourth-order valence-corrected chi connectivity index (χ4v) is 3.84. The fourth-order valence-electron chi connectivity index (χ4n) is 3.84. The van der Waals surface area contributed by atoms with E-state index in [0.29, 0.717) is 12.1 Å². The molecule has 0 atom stereocenters. The summed E-state index contributed by atoms with van der Waals surface area (Å²) < 4.78 is 1.44. The third kappa shape index (κ3) is 4.72. The lowest BCUT2D eigenvalue weighted by molar-refractivity contribution is 0.0949. The van der Waals surface area contributed by atoms with Crippen LogP contribution < -0.4 is 21.9 Å². The molecule has 4 rings (SSSR count). The van der Waals surface area contributed by atoms with Crippen LogP contribution in [0.1, 0.15) is 64.6 Å². The number of rotatable bonds is 7. The minimum atomic E-state index is -0.628. The minimum Gasteiger partial charge on any atom is -0.355 e. The van der Waals surface area contributed by atoms with Gasteiger partial charge in [0.15, 0.2) is 5.65 Å². The Morgan fingerprint density at radius 3 is 2.61 bits per heavy atom. The van der Waals surface area contributed by atoms with Crippen LogP contribution in [-0.4, -0.2) is 33.4 Å². The zero-order valence-electron chi connectivity index (χ0n) is 18.9. The maximum absolute atomic E-state index is 13.2. The topological polar surface area (TPSA) is 126 Å². The van der Waals surface area contributed by atoms with Crippen molar-refractivity contribution >= 4 is 22.8 Å². The SMILES string of the molecule is CNC(=O)c1cccc(CNC(=O)c2cc(C3CC3)nc3c2c(=O)[nH]c(=O)n3CC(C)C)c1. The first-order valence-corrected chi connectivity index (χ1v) is 11.1. The van der Waals surface area contributed by atoms with Gasteiger partial charge in [-0.15, -0.1) is 0 Å². The Bertz CT molecular complexity index is 1350. The van der Waals surface area contributed by atoms with E-state index in [2.05, 4.69) is 20.6 Å². The molecular formula is C24H27N5O4. The zero-order chi connectivity index (χ0) is 23.7. The number of H-pyrrole nitrogens is 1. The van der Waals surface area contributed by atoms with Gasteiger partial charge in [0.25, 0.3) is 17.4 Å². The zero-order valence-corrected chi connectivity index (χ0v) is 18.9. The van der Waals surface area contributed by atoms with Gasteiger partial charge in [-0.3, -0.25) is 23.9 Å². The van der Waals surface area contributed by atoms with Gasteiger partial charge in [0.05, 0.1) is 10.9 Å². The van der Waals surface area contributed by atoms with E-state index in [1.807, 2.05) is 13.8 Å². The summed E-state index contributed by atoms with van der Waals surface area (Å²) in [6.07, 6.45) is 1.92. The molecule has 9 nitrogen and oxygen atoms in total. The highest BCUT2D eigenvalue weighted by atomic mass is 16.2. The van der Waals surface area contributed by atoms with Crippen LogP contribution in [0.25, 0.3) is 11.0 Å². The van der Waals surface area contributed by atoms with Crippen LogP contribution in [0, 0.1) is 5.92 Å². The minimum absolute atomic E-state index is 0.108. The Labute approximate surface area is 190 Å². The maximum Gasteiger partial charge on any atom is 0.330 e. The lowest BCUT2D eigenvalue weighted by Crippen LogP contribution is -2.34. The van der Waals surface area contributed by atoms with Crippen molar-refractivity contribution in [3.8, 4) is 0 Å². The highest BCUT2D eigenvalue weighted by Crippen LogP contribution is 2.39. The number of nitrogens with one attached hydrogen (secondary N) is 3. The molecule has 1 aliphatic carbocycles. The Morgan fingerprint density at radius 2 is 1.94 bits per heavy atom. The van der Waals surface area contributed by atoms with Gasteiger partial charge in [-0.05, 0) is 42.5 Å². The van der Waals surface area contributed by atoms with E-state index in [4.69, 9.17) is 0 Å². The van der Waals surface area contributed by atoms with Crippen molar-refractivity contribution in [1.82, 2.24) is 25.2 Å². The van der Waals surface area contributed by atoms with Crippen LogP contribution >= 0.6 is 0 Å². The molecule has 172 valence electrons. The largest absolute Gasteiger partial charge is 0.355 e. The quantitative estimate of drug-likeness (QED) is 0.508. The number of carbonyl (C=O) groups excluding carboxylic acids is 2. The van der Waals surface area contributed by atoms with E-state index in [0.717, 1.165) is 24.1 Å². The van der Waals surface area contributed by atoms with Gasteiger partial charge in [-0.1, -0.05) is 26.0 Å². The van der Waals surface area contributed by atoms with Crippen molar-refractivity contribution in [3.05, 3.63) is 73.6 Å². The standard InChI is InChI=1S/C24H27N5O4/c1-13(2)12-29-20-19(23(32)28-24(29)33)17(10-18(27-20)15-7-8-15)22(31)26-11-14-5-4-6-16(9-14)21(30)25-3/h4-6,9-10,13,15H,7-8,11-12H2,1-3H3,(H,25,30)(H,26,31)(H,28,32,33). The van der Waals surface area contributed by atoms with E-state index in [1.54, 1.807) is 37.4 Å². The van der Waals surface area contributed by atoms with Crippen molar-refractivity contribution in [3.63, 3.8) is 0 Å². The molecule has 2 aromatic heterocycles. The molecule has 9 heteroatoms. The summed E-state index contributed by atoms with van der Waals surface area (Å²) in [6, 6.07) is 8.60. The van der Waals surface area contributed by atoms with E-state index >= 15 is 0 Å². The number of nitrogens with zero attached hydrogens (tertiary/aromatic N) is 2. The monoisotopic (exact) mass is 449 g/mol. The molecule has 0 aliphatic heterocycles. The summed E-state index contributed by atoms with van der Waals surface area (Å²) in [5.41, 5.74) is 1.24. The first kappa shape index (κ1) is 22.4. The van der Waals surface area contributed by atoms with Crippen LogP contribution in [0.5, 0.6) is 0 Å². The Balaban J connectivity index is 1.73. The predicted octanol–water partition coefficient (Wildman–Crippen LogP) is 1.91. The van der Waals surface area contributed by atoms with E-state index in [9.17, 15) is 19.2 Å². The average Bonchev–Trinajstić information content (AvgIpc) is 3.64. The van der Waals surface area contributed by atoms with Gasteiger partial charge in [0.2, 0.25) is 0 Å². The maximum atomic E-state index is 13.2. The Morgan fingerprint density at radius 1 is 1.18 bits per heavy atom. The number of hydrogen-bond acceptors (Lipinski definition) is 5. The molecule has 0 spiro atoms. The third-order valence-electron chi connectivity index (χ3n) is 5.63. The molecule has 3 aromatic rings. The van der Waals surface area contributed by atoms with Gasteiger partial charge in [-0.2, -0.15) is 0 Å². The predicted molar refractivity (Wildman–Crippen MR) is 124 cm³/mol. The molecule has 0 saturated heterocycles. The summed E-state index contributed by atoms with van der Waals surface area (Å²) in [7, 11) is 1.55. The van der Waals surface area contributed by atoms with Crippen molar-refractivity contribution in [2.75, 3.05) is 7.05 Å². The molecule has 2 amide bonds. The molecule has 1 aromatic carbocycles. The van der Waals surface area contributed by atoms with Gasteiger partial charge < -0.3 is 10.6 Å². The van der Waals surface area contributed by atoms with Crippen LogP contribution in [0.3, 0.4) is 0 Å². The highest BCUT2D eigenvalue weighted by molar-refractivity contribution is 6.05. The third-order valence-corrected chi connectivity index (χ3v) is 5.63. The fraction of sp³-hybridized carbons (Fsp3) is 0.375. The summed E-state index contributed by atoms with van der Waals surface area (Å²) >= 11 is 0. The number of benzene rings is 1. The highest BCUT2D eigenvalue weighted by Gasteiger charge is 2.28. The number of carbonyl (C=O) groups is 2. The molecule has 0 unspecified atom stereocenters. The number of aromatic amines is 1. The Hall–Kier alpha value is -3.75. The number of hydrogen-bond donors (Lipinski definition) is 3. The van der Waals surface area contributed by atoms with Crippen molar-refractivity contribution < 1.29 is 9.59 Å². The van der Waals surface area contributed by atoms with E-state index in [1.165, 1.54) is 4.57 Å². The summed E-state index contributed by atoms with van der Waals surface area (Å²) in [6.45, 7) is 4.49. The van der Waals surface area contributed by atoms with Crippen LogP contribution in [-0.2, 0) is 13.1 Å². The molecular weight excluding hydrogens is 422 g/mol. The molecule has 0 radical (unpaired) electrons. The first-order chi connectivity index (χ1) is 15.8. The molecule has 1 aliphatic rings. The van der Waals surface area contributed by atoms with E-state index < -0.39 is 17.2 Å². The summed E-state index contributed by atoms with van der Waals surface area (Å²) in [5, 5.41) is 5.52. The Kier molecular flexibility index (Phi) is 6.13. The van der Waals surface area contributed by atoms with Gasteiger partial charge in [0, 0.05) is 37.3 Å². The first-order valence-electron chi connectivity index (χ1n) is 11.1. The molecule has 3 N–H and O–H groups in total. The van der Waals surface area contributed by atoms with Crippen molar-refractivity contribution in [2.45, 2.75) is 45.7 Å². The average molecular weight is 450 g/mol. The number of amides is 2. The van der Waals surface area contributed by atoms with Crippen LogP contribution in [0.4, 0.5) is 0 Å². The number of aromatic nitrogens is 3. The lowest BCUT2D eigenvalue weighted by Gasteiger charge is -2.15. The number of fused-ring (bicyclic) bond motifs is 1. The van der Waals surface area contributed by atoms with Crippen molar-refractivity contribution in [1.29, 1.82) is 0 Å². The summed E-state index contributed by atoms with van der Waals surface area (Å²) in [4.78, 5) is 57.3. The normalized spacial score (nSPS) is 13.3. The second-order valence-electron chi connectivity index (χ2n) is 8.79. The summed E-state index contributed by atoms with van der Waals surface area (Å²) in [5.74, 6) is -0.276. The van der Waals surface area contributed by atoms with Crippen molar-refractivity contribution in [2.24, 2.45) is 5.92 Å². The van der Waals surface area contributed by atoms with Gasteiger partial charge >= 0.3 is 5.69 Å². The molecule has 2 heterocycles. The molecule has 1 saturated carbocycles. The van der Waals surface area contributed by atoms with Gasteiger partial charge in [0.1, 0.15) is 0 Å². The smallest absolute Gasteiger partial charge is 0.330 e. The van der Waals surface area contributed by atoms with Gasteiger partial charge in [-0.25, -0.2) is 9.78 Å². The second kappa shape index (κ2) is 9.01. The van der Waals surface area contributed by atoms with E-state index in [-0.39, 0.29) is 40.9 Å². The second-order valence-corrected chi connectivity index (χ2v) is 8.79. The lowest BCUT2D eigenvalue weighted by atomic mass is 10.1. The van der Waals surface area contributed by atoms with Crippen LogP contribution in [0.15, 0.2) is 39.9 Å². The molecule has 1 fully saturated rings. The number of pyridine rings is 1.